The van der Waals surface area contributed by atoms with Gasteiger partial charge in [0.05, 0.1) is 6.54 Å². The van der Waals surface area contributed by atoms with E-state index < -0.39 is 0 Å². The van der Waals surface area contributed by atoms with E-state index >= 15 is 0 Å². The number of aliphatic hydroxyl groups excluding tert-OH is 1. The first kappa shape index (κ1) is 9.39. The second-order valence-corrected chi connectivity index (χ2v) is 2.26. The van der Waals surface area contributed by atoms with E-state index in [2.05, 4.69) is 5.32 Å². The highest BCUT2D eigenvalue weighted by Crippen LogP contribution is 1.86. The number of hydrogen-bond donors (Lipinski definition) is 3. The molecule has 0 fully saturated rings. The lowest BCUT2D eigenvalue weighted by molar-refractivity contribution is -0.117. The molecule has 0 saturated heterocycles. The normalized spacial score (nSPS) is 13.0. The highest BCUT2D eigenvalue weighted by molar-refractivity contribution is 5.75. The molecule has 60 valence electrons. The molecule has 0 aromatic carbocycles. The first-order valence-corrected chi connectivity index (χ1v) is 3.29. The summed E-state index contributed by atoms with van der Waals surface area (Å²) in [5.41, 5.74) is 4.87. The van der Waals surface area contributed by atoms with E-state index in [0.29, 0.717) is 6.42 Å². The minimum absolute atomic E-state index is 0.132. The second kappa shape index (κ2) is 5.20. The minimum Gasteiger partial charge on any atom is -0.396 e. The largest absolute Gasteiger partial charge is 0.396 e. The molecule has 0 aromatic rings. The van der Waals surface area contributed by atoms with Crippen LogP contribution < -0.4 is 11.1 Å². The molecule has 0 rings (SSSR count). The van der Waals surface area contributed by atoms with Gasteiger partial charge in [-0.15, -0.1) is 0 Å². The van der Waals surface area contributed by atoms with Crippen LogP contribution in [-0.4, -0.2) is 30.2 Å². The molecule has 4 N–H and O–H groups in total. The van der Waals surface area contributed by atoms with Crippen molar-refractivity contribution in [3.8, 4) is 0 Å². The number of amides is 1. The maximum absolute atomic E-state index is 10.2. The van der Waals surface area contributed by atoms with Gasteiger partial charge in [0.2, 0.25) is 5.91 Å². The van der Waals surface area contributed by atoms with E-state index in [1.54, 1.807) is 0 Å². The van der Waals surface area contributed by atoms with Crippen molar-refractivity contribution in [3.63, 3.8) is 0 Å². The molecule has 1 atom stereocenters. The third-order valence-electron chi connectivity index (χ3n) is 1.19. The Labute approximate surface area is 60.4 Å². The number of rotatable bonds is 5. The second-order valence-electron chi connectivity index (χ2n) is 2.26. The lowest BCUT2D eigenvalue weighted by Gasteiger charge is -2.09. The van der Waals surface area contributed by atoms with Crippen LogP contribution in [0.4, 0.5) is 0 Å². The third kappa shape index (κ3) is 5.53. The molecule has 1 unspecified atom stereocenters. The average molecular weight is 146 g/mol. The monoisotopic (exact) mass is 146 g/mol. The fourth-order valence-corrected chi connectivity index (χ4v) is 0.571. The SMILES string of the molecule is CC(CCO)NCC(N)=O. The summed E-state index contributed by atoms with van der Waals surface area (Å²) in [6, 6.07) is 0.150. The summed E-state index contributed by atoms with van der Waals surface area (Å²) in [5, 5.41) is 11.3. The first-order valence-electron chi connectivity index (χ1n) is 3.29. The number of carbonyl (C=O) groups excluding carboxylic acids is 1. The predicted octanol–water partition coefficient (Wildman–Crippen LogP) is -1.17. The van der Waals surface area contributed by atoms with Gasteiger partial charge in [-0.3, -0.25) is 4.79 Å². The fraction of sp³-hybridized carbons (Fsp3) is 0.833. The van der Waals surface area contributed by atoms with Crippen LogP contribution in [0, 0.1) is 0 Å². The Hall–Kier alpha value is -0.610. The van der Waals surface area contributed by atoms with Crippen LogP contribution in [0.25, 0.3) is 0 Å². The van der Waals surface area contributed by atoms with E-state index in [0.717, 1.165) is 0 Å². The van der Waals surface area contributed by atoms with Crippen molar-refractivity contribution in [2.45, 2.75) is 19.4 Å². The van der Waals surface area contributed by atoms with Gasteiger partial charge in [0.25, 0.3) is 0 Å². The van der Waals surface area contributed by atoms with Crippen LogP contribution in [0.3, 0.4) is 0 Å². The third-order valence-corrected chi connectivity index (χ3v) is 1.19. The van der Waals surface area contributed by atoms with Crippen molar-refractivity contribution < 1.29 is 9.90 Å². The molecule has 0 spiro atoms. The molecule has 10 heavy (non-hydrogen) atoms. The van der Waals surface area contributed by atoms with Crippen LogP contribution in [0.2, 0.25) is 0 Å². The number of hydrogen-bond acceptors (Lipinski definition) is 3. The standard InChI is InChI=1S/C6H14N2O2/c1-5(2-3-9)8-4-6(7)10/h5,8-9H,2-4H2,1H3,(H2,7,10). The molecule has 0 bridgehead atoms. The molecule has 1 amide bonds. The molecule has 0 radical (unpaired) electrons. The van der Waals surface area contributed by atoms with Crippen molar-refractivity contribution in [2.75, 3.05) is 13.2 Å². The summed E-state index contributed by atoms with van der Waals surface area (Å²) in [6.45, 7) is 2.20. The number of carbonyl (C=O) groups is 1. The Kier molecular flexibility index (Phi) is 4.88. The Morgan fingerprint density at radius 3 is 2.80 bits per heavy atom. The van der Waals surface area contributed by atoms with Gasteiger partial charge >= 0.3 is 0 Å². The van der Waals surface area contributed by atoms with Gasteiger partial charge in [0.15, 0.2) is 0 Å². The summed E-state index contributed by atoms with van der Waals surface area (Å²) >= 11 is 0. The Bertz CT molecular complexity index is 106. The van der Waals surface area contributed by atoms with Crippen LogP contribution >= 0.6 is 0 Å². The quantitative estimate of drug-likeness (QED) is 0.457. The molecule has 0 aliphatic heterocycles. The summed E-state index contributed by atoms with van der Waals surface area (Å²) < 4.78 is 0. The van der Waals surface area contributed by atoms with Crippen molar-refractivity contribution in [2.24, 2.45) is 5.73 Å². The van der Waals surface area contributed by atoms with Crippen LogP contribution in [0.15, 0.2) is 0 Å². The van der Waals surface area contributed by atoms with E-state index in [9.17, 15) is 4.79 Å². The van der Waals surface area contributed by atoms with Crippen molar-refractivity contribution in [1.82, 2.24) is 5.32 Å². The Morgan fingerprint density at radius 1 is 1.80 bits per heavy atom. The summed E-state index contributed by atoms with van der Waals surface area (Å²) in [4.78, 5) is 10.2. The lowest BCUT2D eigenvalue weighted by atomic mass is 10.2. The number of nitrogens with two attached hydrogens (primary N) is 1. The molecule has 0 saturated carbocycles. The molecule has 0 aliphatic carbocycles. The predicted molar refractivity (Wildman–Crippen MR) is 38.4 cm³/mol. The fourth-order valence-electron chi connectivity index (χ4n) is 0.571. The van der Waals surface area contributed by atoms with Crippen LogP contribution in [0.5, 0.6) is 0 Å². The molecule has 0 aliphatic rings. The topological polar surface area (TPSA) is 75.3 Å². The van der Waals surface area contributed by atoms with Gasteiger partial charge < -0.3 is 16.2 Å². The molecular formula is C6H14N2O2. The highest BCUT2D eigenvalue weighted by Gasteiger charge is 2.00. The van der Waals surface area contributed by atoms with Crippen LogP contribution in [0.1, 0.15) is 13.3 Å². The van der Waals surface area contributed by atoms with Gasteiger partial charge in [0.1, 0.15) is 0 Å². The Balaban J connectivity index is 3.21. The van der Waals surface area contributed by atoms with E-state index in [-0.39, 0.29) is 25.1 Å². The van der Waals surface area contributed by atoms with E-state index in [4.69, 9.17) is 10.8 Å². The average Bonchev–Trinajstić information content (AvgIpc) is 1.85. The van der Waals surface area contributed by atoms with Crippen molar-refractivity contribution in [1.29, 1.82) is 0 Å². The Morgan fingerprint density at radius 2 is 2.40 bits per heavy atom. The zero-order valence-corrected chi connectivity index (χ0v) is 6.13. The molecule has 0 heterocycles. The smallest absolute Gasteiger partial charge is 0.231 e. The number of primary amides is 1. The van der Waals surface area contributed by atoms with Crippen LogP contribution in [-0.2, 0) is 4.79 Å². The molecular weight excluding hydrogens is 132 g/mol. The minimum atomic E-state index is -0.371. The molecule has 4 heteroatoms. The van der Waals surface area contributed by atoms with Gasteiger partial charge in [-0.1, -0.05) is 0 Å². The van der Waals surface area contributed by atoms with E-state index in [1.807, 2.05) is 6.92 Å². The maximum Gasteiger partial charge on any atom is 0.231 e. The lowest BCUT2D eigenvalue weighted by Crippen LogP contribution is -2.35. The zero-order chi connectivity index (χ0) is 7.98. The highest BCUT2D eigenvalue weighted by atomic mass is 16.3. The van der Waals surface area contributed by atoms with Crippen molar-refractivity contribution in [3.05, 3.63) is 0 Å². The maximum atomic E-state index is 10.2. The summed E-state index contributed by atoms with van der Waals surface area (Å²) in [5.74, 6) is -0.371. The summed E-state index contributed by atoms with van der Waals surface area (Å²) in [6.07, 6.45) is 0.646. The van der Waals surface area contributed by atoms with Crippen molar-refractivity contribution >= 4 is 5.91 Å². The zero-order valence-electron chi connectivity index (χ0n) is 6.13. The summed E-state index contributed by atoms with van der Waals surface area (Å²) in [7, 11) is 0. The van der Waals surface area contributed by atoms with E-state index in [1.165, 1.54) is 0 Å². The van der Waals surface area contributed by atoms with Gasteiger partial charge in [-0.2, -0.15) is 0 Å². The molecule has 0 aromatic heterocycles. The number of nitrogens with one attached hydrogen (secondary N) is 1. The first-order chi connectivity index (χ1) is 4.66. The number of aliphatic hydroxyl groups is 1. The van der Waals surface area contributed by atoms with Gasteiger partial charge in [-0.25, -0.2) is 0 Å². The van der Waals surface area contributed by atoms with Gasteiger partial charge in [-0.05, 0) is 13.3 Å². The van der Waals surface area contributed by atoms with Gasteiger partial charge in [0, 0.05) is 12.6 Å². The molecule has 4 nitrogen and oxygen atoms in total.